The summed E-state index contributed by atoms with van der Waals surface area (Å²) >= 11 is 3.29. The van der Waals surface area contributed by atoms with Crippen LogP contribution in [0.4, 0.5) is 4.39 Å². The van der Waals surface area contributed by atoms with Gasteiger partial charge in [-0.15, -0.1) is 0 Å². The molecule has 86 valence electrons. The van der Waals surface area contributed by atoms with Crippen molar-refractivity contribution in [3.05, 3.63) is 45.7 Å². The van der Waals surface area contributed by atoms with E-state index in [2.05, 4.69) is 15.9 Å². The molecule has 2 rings (SSSR count). The lowest BCUT2D eigenvalue weighted by Crippen LogP contribution is -2.07. The van der Waals surface area contributed by atoms with Gasteiger partial charge in [0.25, 0.3) is 0 Å². The van der Waals surface area contributed by atoms with Crippen LogP contribution in [-0.2, 0) is 0 Å². The number of allylic oxidation sites excluding steroid dienone is 1. The minimum absolute atomic E-state index is 0.353. The van der Waals surface area contributed by atoms with Gasteiger partial charge in [-0.05, 0) is 43.4 Å². The zero-order chi connectivity index (χ0) is 11.5. The fraction of sp³-hybridized carbons (Fsp3) is 0.385. The van der Waals surface area contributed by atoms with Gasteiger partial charge in [0.2, 0.25) is 0 Å². The first-order chi connectivity index (χ1) is 7.70. The van der Waals surface area contributed by atoms with E-state index in [-0.39, 0.29) is 5.82 Å². The van der Waals surface area contributed by atoms with Crippen LogP contribution in [0.1, 0.15) is 37.4 Å². The SMILES string of the molecule is OC(C1=CCCCC1)c1c(F)cccc1Br. The molecule has 0 aromatic heterocycles. The first kappa shape index (κ1) is 11.8. The number of hydrogen-bond donors (Lipinski definition) is 1. The molecule has 1 unspecified atom stereocenters. The number of halogens is 2. The molecule has 0 radical (unpaired) electrons. The van der Waals surface area contributed by atoms with Crippen molar-refractivity contribution in [3.8, 4) is 0 Å². The summed E-state index contributed by atoms with van der Waals surface area (Å²) < 4.78 is 14.3. The summed E-state index contributed by atoms with van der Waals surface area (Å²) in [5.41, 5.74) is 1.30. The van der Waals surface area contributed by atoms with Crippen LogP contribution in [0.3, 0.4) is 0 Å². The molecular formula is C13H14BrFO. The lowest BCUT2D eigenvalue weighted by molar-refractivity contribution is 0.202. The Morgan fingerprint density at radius 3 is 2.75 bits per heavy atom. The molecule has 16 heavy (non-hydrogen) atoms. The van der Waals surface area contributed by atoms with Gasteiger partial charge in [0.15, 0.2) is 0 Å². The average Bonchev–Trinajstić information content (AvgIpc) is 2.30. The Morgan fingerprint density at radius 1 is 1.31 bits per heavy atom. The zero-order valence-corrected chi connectivity index (χ0v) is 10.5. The topological polar surface area (TPSA) is 20.2 Å². The summed E-state index contributed by atoms with van der Waals surface area (Å²) in [6.07, 6.45) is 5.31. The van der Waals surface area contributed by atoms with E-state index >= 15 is 0 Å². The second kappa shape index (κ2) is 5.11. The van der Waals surface area contributed by atoms with Crippen molar-refractivity contribution < 1.29 is 9.50 Å². The Hall–Kier alpha value is -0.670. The summed E-state index contributed by atoms with van der Waals surface area (Å²) in [6, 6.07) is 4.77. The molecule has 0 fully saturated rings. The van der Waals surface area contributed by atoms with Crippen LogP contribution in [0, 0.1) is 5.82 Å². The molecule has 1 aromatic rings. The second-order valence-corrected chi connectivity index (χ2v) is 4.92. The molecule has 0 amide bonds. The van der Waals surface area contributed by atoms with Crippen molar-refractivity contribution in [1.29, 1.82) is 0 Å². The van der Waals surface area contributed by atoms with Crippen LogP contribution < -0.4 is 0 Å². The van der Waals surface area contributed by atoms with Crippen LogP contribution in [0.5, 0.6) is 0 Å². The highest BCUT2D eigenvalue weighted by atomic mass is 79.9. The standard InChI is InChI=1S/C13H14BrFO/c14-10-7-4-8-11(15)12(10)13(16)9-5-2-1-3-6-9/h4-5,7-8,13,16H,1-3,6H2. The maximum atomic E-state index is 13.6. The number of aliphatic hydroxyl groups excluding tert-OH is 1. The molecular weight excluding hydrogens is 271 g/mol. The van der Waals surface area contributed by atoms with E-state index in [1.807, 2.05) is 6.08 Å². The van der Waals surface area contributed by atoms with Crippen molar-refractivity contribution in [3.63, 3.8) is 0 Å². The zero-order valence-electron chi connectivity index (χ0n) is 8.92. The van der Waals surface area contributed by atoms with E-state index in [0.29, 0.717) is 10.0 Å². The number of aliphatic hydroxyl groups is 1. The largest absolute Gasteiger partial charge is 0.384 e. The number of hydrogen-bond acceptors (Lipinski definition) is 1. The van der Waals surface area contributed by atoms with Gasteiger partial charge in [-0.2, -0.15) is 0 Å². The maximum Gasteiger partial charge on any atom is 0.130 e. The van der Waals surface area contributed by atoms with Gasteiger partial charge in [0, 0.05) is 10.0 Å². The average molecular weight is 285 g/mol. The Balaban J connectivity index is 2.33. The predicted molar refractivity (Wildman–Crippen MR) is 65.6 cm³/mol. The van der Waals surface area contributed by atoms with E-state index < -0.39 is 6.10 Å². The molecule has 0 spiro atoms. The first-order valence-corrected chi connectivity index (χ1v) is 6.30. The molecule has 1 N–H and O–H groups in total. The van der Waals surface area contributed by atoms with Crippen molar-refractivity contribution in [2.45, 2.75) is 31.8 Å². The number of benzene rings is 1. The van der Waals surface area contributed by atoms with Gasteiger partial charge in [-0.25, -0.2) is 4.39 Å². The lowest BCUT2D eigenvalue weighted by Gasteiger charge is -2.20. The van der Waals surface area contributed by atoms with Gasteiger partial charge in [-0.1, -0.05) is 28.1 Å². The molecule has 0 heterocycles. The van der Waals surface area contributed by atoms with E-state index in [4.69, 9.17) is 0 Å². The first-order valence-electron chi connectivity index (χ1n) is 5.51. The molecule has 1 aromatic carbocycles. The van der Waals surface area contributed by atoms with Crippen molar-refractivity contribution in [2.75, 3.05) is 0 Å². The molecule has 0 aliphatic heterocycles. The monoisotopic (exact) mass is 284 g/mol. The summed E-state index contributed by atoms with van der Waals surface area (Å²) in [7, 11) is 0. The van der Waals surface area contributed by atoms with Crippen LogP contribution in [0.25, 0.3) is 0 Å². The molecule has 0 bridgehead atoms. The molecule has 0 saturated carbocycles. The highest BCUT2D eigenvalue weighted by Gasteiger charge is 2.20. The van der Waals surface area contributed by atoms with Crippen molar-refractivity contribution >= 4 is 15.9 Å². The van der Waals surface area contributed by atoms with Crippen LogP contribution in [-0.4, -0.2) is 5.11 Å². The molecule has 3 heteroatoms. The van der Waals surface area contributed by atoms with E-state index in [9.17, 15) is 9.50 Å². The Morgan fingerprint density at radius 2 is 2.12 bits per heavy atom. The van der Waals surface area contributed by atoms with E-state index in [0.717, 1.165) is 31.3 Å². The van der Waals surface area contributed by atoms with Crippen molar-refractivity contribution in [2.24, 2.45) is 0 Å². The lowest BCUT2D eigenvalue weighted by atomic mass is 9.91. The fourth-order valence-electron chi connectivity index (χ4n) is 2.07. The highest BCUT2D eigenvalue weighted by molar-refractivity contribution is 9.10. The van der Waals surface area contributed by atoms with Gasteiger partial charge in [-0.3, -0.25) is 0 Å². The van der Waals surface area contributed by atoms with Crippen LogP contribution >= 0.6 is 15.9 Å². The highest BCUT2D eigenvalue weighted by Crippen LogP contribution is 2.34. The Labute approximate surface area is 103 Å². The smallest absolute Gasteiger partial charge is 0.130 e. The number of rotatable bonds is 2. The summed E-state index contributed by atoms with van der Waals surface area (Å²) in [4.78, 5) is 0. The van der Waals surface area contributed by atoms with Crippen LogP contribution in [0.2, 0.25) is 0 Å². The normalized spacial score (nSPS) is 18.1. The van der Waals surface area contributed by atoms with Gasteiger partial charge >= 0.3 is 0 Å². The predicted octanol–water partition coefficient (Wildman–Crippen LogP) is 4.12. The Kier molecular flexibility index (Phi) is 3.77. The maximum absolute atomic E-state index is 13.6. The third kappa shape index (κ3) is 2.36. The van der Waals surface area contributed by atoms with Gasteiger partial charge in [0.1, 0.15) is 11.9 Å². The summed E-state index contributed by atoms with van der Waals surface area (Å²) in [5.74, 6) is -0.353. The molecule has 1 aliphatic rings. The van der Waals surface area contributed by atoms with Crippen LogP contribution in [0.15, 0.2) is 34.3 Å². The summed E-state index contributed by atoms with van der Waals surface area (Å²) in [6.45, 7) is 0. The van der Waals surface area contributed by atoms with Gasteiger partial charge in [0.05, 0.1) is 0 Å². The fourth-order valence-corrected chi connectivity index (χ4v) is 2.63. The molecule has 1 aliphatic carbocycles. The molecule has 1 atom stereocenters. The third-order valence-electron chi connectivity index (χ3n) is 2.95. The van der Waals surface area contributed by atoms with Crippen molar-refractivity contribution in [1.82, 2.24) is 0 Å². The van der Waals surface area contributed by atoms with E-state index in [1.165, 1.54) is 6.07 Å². The molecule has 0 saturated heterocycles. The quantitative estimate of drug-likeness (QED) is 0.810. The third-order valence-corrected chi connectivity index (χ3v) is 3.64. The Bertz CT molecular complexity index is 394. The van der Waals surface area contributed by atoms with E-state index in [1.54, 1.807) is 12.1 Å². The molecule has 1 nitrogen and oxygen atoms in total. The summed E-state index contributed by atoms with van der Waals surface area (Å²) in [5, 5.41) is 10.2. The second-order valence-electron chi connectivity index (χ2n) is 4.06. The minimum atomic E-state index is -0.809. The minimum Gasteiger partial charge on any atom is -0.384 e. The van der Waals surface area contributed by atoms with Gasteiger partial charge < -0.3 is 5.11 Å².